The molecular formula is C16H21BrF2N2. The summed E-state index contributed by atoms with van der Waals surface area (Å²) in [6.07, 6.45) is 6.43. The fourth-order valence-electron chi connectivity index (χ4n) is 3.60. The van der Waals surface area contributed by atoms with Crippen LogP contribution in [0.15, 0.2) is 16.6 Å². The zero-order valence-corrected chi connectivity index (χ0v) is 13.6. The van der Waals surface area contributed by atoms with Crippen molar-refractivity contribution in [3.63, 3.8) is 0 Å². The third kappa shape index (κ3) is 3.39. The van der Waals surface area contributed by atoms with Crippen LogP contribution >= 0.6 is 15.9 Å². The minimum absolute atomic E-state index is 0.183. The highest BCUT2D eigenvalue weighted by atomic mass is 79.9. The van der Waals surface area contributed by atoms with E-state index < -0.39 is 5.82 Å². The first-order chi connectivity index (χ1) is 10.1. The van der Waals surface area contributed by atoms with E-state index in [9.17, 15) is 8.78 Å². The van der Waals surface area contributed by atoms with Gasteiger partial charge in [0.15, 0.2) is 0 Å². The summed E-state index contributed by atoms with van der Waals surface area (Å²) < 4.78 is 28.0. The molecule has 0 bridgehead atoms. The normalized spacial score (nSPS) is 24.3. The topological polar surface area (TPSA) is 15.3 Å². The van der Waals surface area contributed by atoms with Gasteiger partial charge in [-0.3, -0.25) is 0 Å². The first-order valence-corrected chi connectivity index (χ1v) is 8.57. The molecule has 2 fully saturated rings. The molecule has 1 N–H and O–H groups in total. The molecule has 0 amide bonds. The van der Waals surface area contributed by atoms with Gasteiger partial charge in [0.25, 0.3) is 0 Å². The van der Waals surface area contributed by atoms with Gasteiger partial charge in [0.2, 0.25) is 0 Å². The van der Waals surface area contributed by atoms with Crippen LogP contribution in [-0.4, -0.2) is 25.7 Å². The molecule has 0 aromatic heterocycles. The number of rotatable bonds is 2. The van der Waals surface area contributed by atoms with Crippen LogP contribution < -0.4 is 10.2 Å². The summed E-state index contributed by atoms with van der Waals surface area (Å²) in [6.45, 7) is 2.32. The average Bonchev–Trinajstić information content (AvgIpc) is 2.52. The molecule has 1 aliphatic carbocycles. The second kappa shape index (κ2) is 6.61. The molecule has 0 spiro atoms. The van der Waals surface area contributed by atoms with Crippen molar-refractivity contribution in [3.8, 4) is 0 Å². The summed E-state index contributed by atoms with van der Waals surface area (Å²) in [6, 6.07) is 2.93. The highest BCUT2D eigenvalue weighted by Gasteiger charge is 2.29. The van der Waals surface area contributed by atoms with E-state index in [1.165, 1.54) is 44.2 Å². The SMILES string of the molecule is Fc1cc(N2CCNC(C3CCCCC3)C2)c(F)cc1Br. The smallest absolute Gasteiger partial charge is 0.147 e. The predicted octanol–water partition coefficient (Wildman–Crippen LogP) is 4.09. The Bertz CT molecular complexity index is 503. The van der Waals surface area contributed by atoms with Crippen LogP contribution in [0.1, 0.15) is 32.1 Å². The lowest BCUT2D eigenvalue weighted by molar-refractivity contribution is 0.256. The van der Waals surface area contributed by atoms with Crippen molar-refractivity contribution in [3.05, 3.63) is 28.2 Å². The van der Waals surface area contributed by atoms with E-state index in [0.717, 1.165) is 19.6 Å². The van der Waals surface area contributed by atoms with Gasteiger partial charge in [-0.15, -0.1) is 0 Å². The monoisotopic (exact) mass is 358 g/mol. The van der Waals surface area contributed by atoms with Crippen LogP contribution in [0.3, 0.4) is 0 Å². The largest absolute Gasteiger partial charge is 0.366 e. The molecule has 1 unspecified atom stereocenters. The standard InChI is InChI=1S/C16H21BrF2N2/c17-12-8-14(19)16(9-13(12)18)21-7-6-20-15(10-21)11-4-2-1-3-5-11/h8-9,11,15,20H,1-7,10H2. The number of nitrogens with one attached hydrogen (secondary N) is 1. The Hall–Kier alpha value is -0.680. The van der Waals surface area contributed by atoms with Gasteiger partial charge in [-0.05, 0) is 40.8 Å². The maximum absolute atomic E-state index is 14.1. The predicted molar refractivity (Wildman–Crippen MR) is 84.6 cm³/mol. The van der Waals surface area contributed by atoms with E-state index in [-0.39, 0.29) is 10.3 Å². The number of halogens is 3. The first kappa shape index (κ1) is 15.2. The van der Waals surface area contributed by atoms with Crippen molar-refractivity contribution in [1.82, 2.24) is 5.32 Å². The summed E-state index contributed by atoms with van der Waals surface area (Å²) in [7, 11) is 0. The highest BCUT2D eigenvalue weighted by Crippen LogP contribution is 2.31. The lowest BCUT2D eigenvalue weighted by Gasteiger charge is -2.40. The molecule has 1 heterocycles. The third-order valence-electron chi connectivity index (χ3n) is 4.75. The fourth-order valence-corrected chi connectivity index (χ4v) is 3.92. The highest BCUT2D eigenvalue weighted by molar-refractivity contribution is 9.10. The summed E-state index contributed by atoms with van der Waals surface area (Å²) in [5.41, 5.74) is 0.387. The quantitative estimate of drug-likeness (QED) is 0.801. The number of nitrogens with zero attached hydrogens (tertiary/aromatic N) is 1. The van der Waals surface area contributed by atoms with Crippen molar-refractivity contribution in [2.75, 3.05) is 24.5 Å². The van der Waals surface area contributed by atoms with E-state index in [1.807, 2.05) is 4.90 Å². The molecule has 3 rings (SSSR count). The third-order valence-corrected chi connectivity index (χ3v) is 5.36. The van der Waals surface area contributed by atoms with Crippen LogP contribution in [0.5, 0.6) is 0 Å². The summed E-state index contributed by atoms with van der Waals surface area (Å²) in [5, 5.41) is 3.57. The molecule has 1 aliphatic heterocycles. The number of hydrogen-bond acceptors (Lipinski definition) is 2. The fraction of sp³-hybridized carbons (Fsp3) is 0.625. The molecule has 2 nitrogen and oxygen atoms in total. The van der Waals surface area contributed by atoms with Gasteiger partial charge in [0.1, 0.15) is 11.6 Å². The molecule has 1 aromatic rings. The summed E-state index contributed by atoms with van der Waals surface area (Å²) >= 11 is 3.03. The van der Waals surface area contributed by atoms with Crippen molar-refractivity contribution in [2.24, 2.45) is 5.92 Å². The maximum Gasteiger partial charge on any atom is 0.147 e. The van der Waals surface area contributed by atoms with Gasteiger partial charge >= 0.3 is 0 Å². The van der Waals surface area contributed by atoms with Crippen molar-refractivity contribution in [2.45, 2.75) is 38.1 Å². The average molecular weight is 359 g/mol. The number of piperazine rings is 1. The zero-order chi connectivity index (χ0) is 14.8. The molecule has 1 atom stereocenters. The molecule has 1 aromatic carbocycles. The van der Waals surface area contributed by atoms with Gasteiger partial charge < -0.3 is 10.2 Å². The lowest BCUT2D eigenvalue weighted by Crippen LogP contribution is -2.54. The molecule has 1 saturated carbocycles. The second-order valence-electron chi connectivity index (χ2n) is 6.12. The minimum Gasteiger partial charge on any atom is -0.366 e. The van der Waals surface area contributed by atoms with Crippen LogP contribution in [0.4, 0.5) is 14.5 Å². The Kier molecular flexibility index (Phi) is 4.79. The van der Waals surface area contributed by atoms with Crippen molar-refractivity contribution in [1.29, 1.82) is 0 Å². The van der Waals surface area contributed by atoms with Gasteiger partial charge in [-0.1, -0.05) is 19.3 Å². The maximum atomic E-state index is 14.1. The molecule has 5 heteroatoms. The van der Waals surface area contributed by atoms with E-state index >= 15 is 0 Å². The van der Waals surface area contributed by atoms with Crippen molar-refractivity contribution >= 4 is 21.6 Å². The van der Waals surface area contributed by atoms with Gasteiger partial charge in [-0.2, -0.15) is 0 Å². The second-order valence-corrected chi connectivity index (χ2v) is 6.98. The summed E-state index contributed by atoms with van der Waals surface area (Å²) in [5.74, 6) is -0.0865. The zero-order valence-electron chi connectivity index (χ0n) is 12.0. The van der Waals surface area contributed by atoms with Crippen LogP contribution in [0, 0.1) is 17.6 Å². The Balaban J connectivity index is 1.75. The van der Waals surface area contributed by atoms with E-state index in [2.05, 4.69) is 21.2 Å². The van der Waals surface area contributed by atoms with Crippen molar-refractivity contribution < 1.29 is 8.78 Å². The first-order valence-electron chi connectivity index (χ1n) is 7.78. The summed E-state index contributed by atoms with van der Waals surface area (Å²) in [4.78, 5) is 1.99. The minimum atomic E-state index is -0.404. The van der Waals surface area contributed by atoms with E-state index in [1.54, 1.807) is 0 Å². The lowest BCUT2D eigenvalue weighted by atomic mass is 9.83. The molecule has 1 saturated heterocycles. The molecule has 0 radical (unpaired) electrons. The van der Waals surface area contributed by atoms with Gasteiger partial charge in [-0.25, -0.2) is 8.78 Å². The Morgan fingerprint density at radius 2 is 1.86 bits per heavy atom. The van der Waals surface area contributed by atoms with E-state index in [4.69, 9.17) is 0 Å². The Labute approximate surface area is 133 Å². The van der Waals surface area contributed by atoms with E-state index in [0.29, 0.717) is 17.6 Å². The molecule has 2 aliphatic rings. The number of benzene rings is 1. The molecule has 21 heavy (non-hydrogen) atoms. The van der Waals surface area contributed by atoms with Crippen LogP contribution in [0.25, 0.3) is 0 Å². The van der Waals surface area contributed by atoms with Crippen LogP contribution in [-0.2, 0) is 0 Å². The van der Waals surface area contributed by atoms with Gasteiger partial charge in [0.05, 0.1) is 10.2 Å². The Morgan fingerprint density at radius 3 is 2.62 bits per heavy atom. The Morgan fingerprint density at radius 1 is 1.10 bits per heavy atom. The number of hydrogen-bond donors (Lipinski definition) is 1. The van der Waals surface area contributed by atoms with Crippen LogP contribution in [0.2, 0.25) is 0 Å². The molecule has 116 valence electrons. The number of anilines is 1. The van der Waals surface area contributed by atoms with Gasteiger partial charge in [0, 0.05) is 31.7 Å². The molecular weight excluding hydrogens is 338 g/mol.